The number of ether oxygens (including phenoxy) is 1. The van der Waals surface area contributed by atoms with E-state index in [1.807, 2.05) is 56.3 Å². The summed E-state index contributed by atoms with van der Waals surface area (Å²) in [4.78, 5) is 4.74. The van der Waals surface area contributed by atoms with Gasteiger partial charge in [-0.15, -0.1) is 0 Å². The molecule has 0 saturated carbocycles. The van der Waals surface area contributed by atoms with E-state index in [1.54, 1.807) is 17.7 Å². The Hall–Kier alpha value is -2.76. The van der Waals surface area contributed by atoms with Gasteiger partial charge in [0.1, 0.15) is 11.6 Å². The van der Waals surface area contributed by atoms with Crippen LogP contribution in [0.5, 0.6) is 5.75 Å². The van der Waals surface area contributed by atoms with Crippen molar-refractivity contribution in [1.29, 1.82) is 0 Å². The van der Waals surface area contributed by atoms with Crippen LogP contribution in [0.25, 0.3) is 16.8 Å². The van der Waals surface area contributed by atoms with Gasteiger partial charge in [0.2, 0.25) is 0 Å². The van der Waals surface area contributed by atoms with E-state index in [2.05, 4.69) is 5.32 Å². The Labute approximate surface area is 172 Å². The number of halogens is 2. The summed E-state index contributed by atoms with van der Waals surface area (Å²) in [5, 5.41) is 9.18. The number of fused-ring (bicyclic) bond motifs is 1. The predicted octanol–water partition coefficient (Wildman–Crippen LogP) is 6.07. The largest absolute Gasteiger partial charge is 0.496 e. The highest BCUT2D eigenvalue weighted by Gasteiger charge is 2.19. The molecule has 0 fully saturated rings. The van der Waals surface area contributed by atoms with Crippen molar-refractivity contribution in [1.82, 2.24) is 14.6 Å². The quantitative estimate of drug-likeness (QED) is 0.441. The molecule has 5 nitrogen and oxygen atoms in total. The lowest BCUT2D eigenvalue weighted by Gasteiger charge is -2.11. The molecule has 0 radical (unpaired) electrons. The maximum absolute atomic E-state index is 6.14. The molecule has 0 saturated heterocycles. The summed E-state index contributed by atoms with van der Waals surface area (Å²) < 4.78 is 7.34. The lowest BCUT2D eigenvalue weighted by atomic mass is 10.1. The van der Waals surface area contributed by atoms with E-state index in [9.17, 15) is 0 Å². The first-order chi connectivity index (χ1) is 13.5. The Morgan fingerprint density at radius 2 is 1.71 bits per heavy atom. The van der Waals surface area contributed by atoms with Crippen LogP contribution in [-0.4, -0.2) is 21.7 Å². The summed E-state index contributed by atoms with van der Waals surface area (Å²) in [6.07, 6.45) is 0. The summed E-state index contributed by atoms with van der Waals surface area (Å²) in [7, 11) is 1.66. The van der Waals surface area contributed by atoms with E-state index < -0.39 is 0 Å². The SMILES string of the molecule is COc1ccccc1-c1c(C)nn2c(Nc3cc(Cl)cc(Cl)c3)cc(C)nc12. The summed E-state index contributed by atoms with van der Waals surface area (Å²) >= 11 is 12.3. The standard InChI is InChI=1S/C21H18Cl2N4O/c1-12-8-19(25-16-10-14(22)9-15(23)11-16)27-21(24-12)20(13(2)26-27)17-6-4-5-7-18(17)28-3/h4-11,25H,1-3H3. The predicted molar refractivity (Wildman–Crippen MR) is 114 cm³/mol. The third-order valence-electron chi connectivity index (χ3n) is 4.40. The van der Waals surface area contributed by atoms with E-state index >= 15 is 0 Å². The molecule has 142 valence electrons. The van der Waals surface area contributed by atoms with Crippen LogP contribution in [0.3, 0.4) is 0 Å². The van der Waals surface area contributed by atoms with Gasteiger partial charge in [0.25, 0.3) is 0 Å². The number of para-hydroxylation sites is 1. The Balaban J connectivity index is 1.91. The van der Waals surface area contributed by atoms with Crippen LogP contribution in [0.4, 0.5) is 11.5 Å². The lowest BCUT2D eigenvalue weighted by molar-refractivity contribution is 0.416. The molecule has 0 unspecified atom stereocenters. The first kappa shape index (κ1) is 18.6. The third-order valence-corrected chi connectivity index (χ3v) is 4.84. The maximum Gasteiger partial charge on any atom is 0.165 e. The molecule has 4 aromatic rings. The zero-order valence-corrected chi connectivity index (χ0v) is 17.1. The van der Waals surface area contributed by atoms with Gasteiger partial charge in [-0.3, -0.25) is 0 Å². The van der Waals surface area contributed by atoms with Gasteiger partial charge >= 0.3 is 0 Å². The number of rotatable bonds is 4. The van der Waals surface area contributed by atoms with Crippen LogP contribution in [0.1, 0.15) is 11.4 Å². The molecule has 0 atom stereocenters. The van der Waals surface area contributed by atoms with Crippen molar-refractivity contribution in [2.75, 3.05) is 12.4 Å². The van der Waals surface area contributed by atoms with Gasteiger partial charge in [-0.1, -0.05) is 41.4 Å². The number of anilines is 2. The minimum Gasteiger partial charge on any atom is -0.496 e. The molecule has 2 heterocycles. The summed E-state index contributed by atoms with van der Waals surface area (Å²) in [6.45, 7) is 3.91. The number of benzene rings is 2. The summed E-state index contributed by atoms with van der Waals surface area (Å²) in [5.74, 6) is 1.55. The van der Waals surface area contributed by atoms with Gasteiger partial charge in [0, 0.05) is 33.1 Å². The van der Waals surface area contributed by atoms with E-state index in [4.69, 9.17) is 38.0 Å². The van der Waals surface area contributed by atoms with Crippen LogP contribution in [0.15, 0.2) is 48.5 Å². The Bertz CT molecular complexity index is 1170. The lowest BCUT2D eigenvalue weighted by Crippen LogP contribution is -2.02. The Kier molecular flexibility index (Phi) is 4.87. The number of hydrogen-bond donors (Lipinski definition) is 1. The summed E-state index contributed by atoms with van der Waals surface area (Å²) in [6, 6.07) is 15.1. The number of aryl methyl sites for hydroxylation is 2. The van der Waals surface area contributed by atoms with Crippen molar-refractivity contribution in [2.45, 2.75) is 13.8 Å². The second-order valence-corrected chi connectivity index (χ2v) is 7.33. The summed E-state index contributed by atoms with van der Waals surface area (Å²) in [5.41, 5.74) is 5.13. The van der Waals surface area contributed by atoms with Crippen molar-refractivity contribution in [3.8, 4) is 16.9 Å². The monoisotopic (exact) mass is 412 g/mol. The number of nitrogens with one attached hydrogen (secondary N) is 1. The zero-order chi connectivity index (χ0) is 19.8. The van der Waals surface area contributed by atoms with Gasteiger partial charge < -0.3 is 10.1 Å². The fraction of sp³-hybridized carbons (Fsp3) is 0.143. The molecule has 7 heteroatoms. The van der Waals surface area contributed by atoms with Crippen molar-refractivity contribution in [3.63, 3.8) is 0 Å². The second-order valence-electron chi connectivity index (χ2n) is 6.46. The maximum atomic E-state index is 6.14. The molecule has 0 spiro atoms. The highest BCUT2D eigenvalue weighted by atomic mass is 35.5. The Morgan fingerprint density at radius 3 is 2.43 bits per heavy atom. The van der Waals surface area contributed by atoms with E-state index in [-0.39, 0.29) is 0 Å². The molecule has 0 amide bonds. The van der Waals surface area contributed by atoms with E-state index in [0.717, 1.165) is 45.4 Å². The van der Waals surface area contributed by atoms with Crippen molar-refractivity contribution in [3.05, 3.63) is 70.0 Å². The highest BCUT2D eigenvalue weighted by Crippen LogP contribution is 2.36. The van der Waals surface area contributed by atoms with Gasteiger partial charge in [-0.2, -0.15) is 9.61 Å². The molecule has 0 aliphatic heterocycles. The number of hydrogen-bond acceptors (Lipinski definition) is 4. The topological polar surface area (TPSA) is 51.5 Å². The number of aromatic nitrogens is 3. The molecule has 4 rings (SSSR count). The van der Waals surface area contributed by atoms with E-state index in [1.165, 1.54) is 0 Å². The minimum atomic E-state index is 0.559. The highest BCUT2D eigenvalue weighted by molar-refractivity contribution is 6.35. The smallest absolute Gasteiger partial charge is 0.165 e. The van der Waals surface area contributed by atoms with Crippen LogP contribution >= 0.6 is 23.2 Å². The fourth-order valence-electron chi connectivity index (χ4n) is 3.27. The van der Waals surface area contributed by atoms with Gasteiger partial charge in [-0.05, 0) is 38.1 Å². The molecule has 0 bridgehead atoms. The first-order valence-electron chi connectivity index (χ1n) is 8.70. The molecule has 2 aromatic carbocycles. The average molecular weight is 413 g/mol. The van der Waals surface area contributed by atoms with Crippen LogP contribution < -0.4 is 10.1 Å². The van der Waals surface area contributed by atoms with Crippen molar-refractivity contribution in [2.24, 2.45) is 0 Å². The number of nitrogens with zero attached hydrogens (tertiary/aromatic N) is 3. The Morgan fingerprint density at radius 1 is 1.00 bits per heavy atom. The van der Waals surface area contributed by atoms with Crippen LogP contribution in [0, 0.1) is 13.8 Å². The second kappa shape index (κ2) is 7.34. The minimum absolute atomic E-state index is 0.559. The molecule has 28 heavy (non-hydrogen) atoms. The number of methoxy groups -OCH3 is 1. The third kappa shape index (κ3) is 3.39. The zero-order valence-electron chi connectivity index (χ0n) is 15.6. The van der Waals surface area contributed by atoms with E-state index in [0.29, 0.717) is 10.0 Å². The van der Waals surface area contributed by atoms with Crippen LogP contribution in [0.2, 0.25) is 10.0 Å². The van der Waals surface area contributed by atoms with Crippen LogP contribution in [-0.2, 0) is 0 Å². The molecule has 2 aromatic heterocycles. The molecule has 1 N–H and O–H groups in total. The molecular weight excluding hydrogens is 395 g/mol. The average Bonchev–Trinajstić information content (AvgIpc) is 2.96. The molecular formula is C21H18Cl2N4O. The van der Waals surface area contributed by atoms with Gasteiger partial charge in [0.15, 0.2) is 5.65 Å². The van der Waals surface area contributed by atoms with Crippen molar-refractivity contribution >= 4 is 40.4 Å². The van der Waals surface area contributed by atoms with Gasteiger partial charge in [-0.25, -0.2) is 4.98 Å². The van der Waals surface area contributed by atoms with Gasteiger partial charge in [0.05, 0.1) is 18.4 Å². The fourth-order valence-corrected chi connectivity index (χ4v) is 3.80. The molecule has 0 aliphatic carbocycles. The first-order valence-corrected chi connectivity index (χ1v) is 9.45. The van der Waals surface area contributed by atoms with Crippen molar-refractivity contribution < 1.29 is 4.74 Å². The molecule has 0 aliphatic rings. The normalized spacial score (nSPS) is 11.0.